The lowest BCUT2D eigenvalue weighted by atomic mass is 9.96. The highest BCUT2D eigenvalue weighted by Gasteiger charge is 2.38. The highest BCUT2D eigenvalue weighted by Crippen LogP contribution is 2.31. The van der Waals surface area contributed by atoms with Crippen molar-refractivity contribution < 1.29 is 14.4 Å². The molecule has 1 saturated heterocycles. The second-order valence-electron chi connectivity index (χ2n) is 6.63. The fraction of sp³-hybridized carbons (Fsp3) is 0.300. The summed E-state index contributed by atoms with van der Waals surface area (Å²) in [7, 11) is 0. The molecule has 1 fully saturated rings. The lowest BCUT2D eigenvalue weighted by molar-refractivity contribution is -0.135. The number of amides is 3. The molecule has 4 rings (SSSR count). The van der Waals surface area contributed by atoms with Crippen molar-refractivity contribution in [2.45, 2.75) is 25.3 Å². The molecule has 0 aliphatic carbocycles. The quantitative estimate of drug-likeness (QED) is 0.798. The molecule has 1 unspecified atom stereocenters. The zero-order valence-electron chi connectivity index (χ0n) is 14.3. The third-order valence-electron chi connectivity index (χ3n) is 5.06. The lowest BCUT2D eigenvalue weighted by Gasteiger charge is -2.36. The minimum Gasteiger partial charge on any atom is -0.334 e. The van der Waals surface area contributed by atoms with Crippen molar-refractivity contribution >= 4 is 17.7 Å². The maximum Gasteiger partial charge on any atom is 0.262 e. The molecule has 1 aromatic carbocycles. The van der Waals surface area contributed by atoms with E-state index in [-0.39, 0.29) is 18.5 Å². The van der Waals surface area contributed by atoms with Gasteiger partial charge in [0.25, 0.3) is 11.8 Å². The number of benzene rings is 1. The highest BCUT2D eigenvalue weighted by molar-refractivity contribution is 6.22. The van der Waals surface area contributed by atoms with Gasteiger partial charge in [-0.15, -0.1) is 0 Å². The molecule has 3 amide bonds. The Kier molecular flexibility index (Phi) is 4.24. The second-order valence-corrected chi connectivity index (χ2v) is 6.63. The summed E-state index contributed by atoms with van der Waals surface area (Å²) in [5.41, 5.74) is 1.73. The van der Waals surface area contributed by atoms with Gasteiger partial charge in [-0.2, -0.15) is 0 Å². The van der Waals surface area contributed by atoms with Gasteiger partial charge in [0.1, 0.15) is 6.54 Å². The lowest BCUT2D eigenvalue weighted by Crippen LogP contribution is -2.45. The van der Waals surface area contributed by atoms with Gasteiger partial charge in [-0.3, -0.25) is 24.3 Å². The average molecular weight is 349 g/mol. The van der Waals surface area contributed by atoms with Crippen molar-refractivity contribution in [1.29, 1.82) is 0 Å². The van der Waals surface area contributed by atoms with Gasteiger partial charge < -0.3 is 4.90 Å². The van der Waals surface area contributed by atoms with Crippen molar-refractivity contribution in [2.24, 2.45) is 0 Å². The molecule has 2 aliphatic heterocycles. The van der Waals surface area contributed by atoms with Crippen LogP contribution in [0, 0.1) is 0 Å². The number of hydrogen-bond acceptors (Lipinski definition) is 4. The zero-order valence-corrected chi connectivity index (χ0v) is 14.3. The van der Waals surface area contributed by atoms with E-state index in [1.54, 1.807) is 41.6 Å². The Balaban J connectivity index is 1.54. The van der Waals surface area contributed by atoms with E-state index < -0.39 is 11.8 Å². The van der Waals surface area contributed by atoms with E-state index in [2.05, 4.69) is 4.98 Å². The number of likely N-dealkylation sites (tertiary alicyclic amines) is 1. The molecule has 3 heterocycles. The van der Waals surface area contributed by atoms with E-state index >= 15 is 0 Å². The Labute approximate surface area is 151 Å². The van der Waals surface area contributed by atoms with E-state index in [1.807, 2.05) is 12.1 Å². The number of fused-ring (bicyclic) bond motifs is 1. The van der Waals surface area contributed by atoms with Crippen molar-refractivity contribution in [3.8, 4) is 0 Å². The normalized spacial score (nSPS) is 19.6. The van der Waals surface area contributed by atoms with Gasteiger partial charge in [0.15, 0.2) is 0 Å². The summed E-state index contributed by atoms with van der Waals surface area (Å²) in [6, 6.07) is 10.5. The van der Waals surface area contributed by atoms with Crippen molar-refractivity contribution in [1.82, 2.24) is 14.8 Å². The van der Waals surface area contributed by atoms with Crippen LogP contribution in [0.15, 0.2) is 48.8 Å². The monoisotopic (exact) mass is 349 g/mol. The predicted octanol–water partition coefficient (Wildman–Crippen LogP) is 2.43. The molecule has 0 bridgehead atoms. The van der Waals surface area contributed by atoms with E-state index in [0.717, 1.165) is 29.7 Å². The number of hydrogen-bond donors (Lipinski definition) is 0. The van der Waals surface area contributed by atoms with Gasteiger partial charge in [0, 0.05) is 18.9 Å². The molecule has 0 N–H and O–H groups in total. The Morgan fingerprint density at radius 2 is 1.77 bits per heavy atom. The SMILES string of the molecule is O=C1c2ccccc2C(=O)N1CC(=O)N1CCCCC1c1cccnc1. The Morgan fingerprint density at radius 3 is 2.42 bits per heavy atom. The molecule has 0 saturated carbocycles. The first kappa shape index (κ1) is 16.4. The molecule has 0 spiro atoms. The van der Waals surface area contributed by atoms with Gasteiger partial charge in [-0.25, -0.2) is 0 Å². The fourth-order valence-electron chi connectivity index (χ4n) is 3.76. The van der Waals surface area contributed by atoms with Gasteiger partial charge >= 0.3 is 0 Å². The number of aromatic nitrogens is 1. The zero-order chi connectivity index (χ0) is 18.1. The molecule has 2 aliphatic rings. The number of rotatable bonds is 3. The van der Waals surface area contributed by atoms with Gasteiger partial charge in [0.2, 0.25) is 5.91 Å². The molecule has 2 aromatic rings. The van der Waals surface area contributed by atoms with Crippen LogP contribution in [-0.2, 0) is 4.79 Å². The third kappa shape index (κ3) is 2.77. The van der Waals surface area contributed by atoms with Crippen LogP contribution in [0.3, 0.4) is 0 Å². The Bertz CT molecular complexity index is 831. The third-order valence-corrected chi connectivity index (χ3v) is 5.06. The van der Waals surface area contributed by atoms with Crippen LogP contribution >= 0.6 is 0 Å². The largest absolute Gasteiger partial charge is 0.334 e. The number of piperidine rings is 1. The van der Waals surface area contributed by atoms with Crippen LogP contribution in [-0.4, -0.2) is 45.6 Å². The summed E-state index contributed by atoms with van der Waals surface area (Å²) in [4.78, 5) is 44.9. The molecule has 1 aromatic heterocycles. The summed E-state index contributed by atoms with van der Waals surface area (Å²) in [6.07, 6.45) is 6.30. The van der Waals surface area contributed by atoms with Gasteiger partial charge in [-0.1, -0.05) is 18.2 Å². The summed E-state index contributed by atoms with van der Waals surface area (Å²) in [6.45, 7) is 0.407. The van der Waals surface area contributed by atoms with E-state index in [0.29, 0.717) is 17.7 Å². The smallest absolute Gasteiger partial charge is 0.262 e. The number of imide groups is 1. The Morgan fingerprint density at radius 1 is 1.04 bits per heavy atom. The van der Waals surface area contributed by atoms with E-state index in [1.165, 1.54) is 0 Å². The molecule has 26 heavy (non-hydrogen) atoms. The topological polar surface area (TPSA) is 70.6 Å². The maximum absolute atomic E-state index is 12.9. The molecular formula is C20H19N3O3. The van der Waals surface area contributed by atoms with Crippen LogP contribution < -0.4 is 0 Å². The first-order chi connectivity index (χ1) is 12.7. The minimum absolute atomic E-state index is 0.0554. The molecule has 132 valence electrons. The number of pyridine rings is 1. The molecular weight excluding hydrogens is 330 g/mol. The standard InChI is InChI=1S/C20H19N3O3/c24-18(13-23-19(25)15-7-1-2-8-16(15)20(23)26)22-11-4-3-9-17(22)14-6-5-10-21-12-14/h1-2,5-8,10,12,17H,3-4,9,11,13H2. The van der Waals surface area contributed by atoms with Crippen molar-refractivity contribution in [2.75, 3.05) is 13.1 Å². The van der Waals surface area contributed by atoms with Crippen LogP contribution in [0.2, 0.25) is 0 Å². The maximum atomic E-state index is 12.9. The number of carbonyl (C=O) groups excluding carboxylic acids is 3. The fourth-order valence-corrected chi connectivity index (χ4v) is 3.76. The molecule has 1 atom stereocenters. The van der Waals surface area contributed by atoms with E-state index in [9.17, 15) is 14.4 Å². The second kappa shape index (κ2) is 6.71. The van der Waals surface area contributed by atoms with Gasteiger partial charge in [0.05, 0.1) is 17.2 Å². The van der Waals surface area contributed by atoms with Gasteiger partial charge in [-0.05, 0) is 43.0 Å². The van der Waals surface area contributed by atoms with Crippen LogP contribution in [0.1, 0.15) is 51.6 Å². The van der Waals surface area contributed by atoms with E-state index in [4.69, 9.17) is 0 Å². The number of nitrogens with zero attached hydrogens (tertiary/aromatic N) is 3. The first-order valence-corrected chi connectivity index (χ1v) is 8.81. The number of carbonyl (C=O) groups is 3. The van der Waals surface area contributed by atoms with Crippen LogP contribution in [0.25, 0.3) is 0 Å². The van der Waals surface area contributed by atoms with Crippen LogP contribution in [0.4, 0.5) is 0 Å². The summed E-state index contributed by atoms with van der Waals surface area (Å²) < 4.78 is 0. The molecule has 6 nitrogen and oxygen atoms in total. The minimum atomic E-state index is -0.395. The predicted molar refractivity (Wildman–Crippen MR) is 94.4 cm³/mol. The van der Waals surface area contributed by atoms with Crippen molar-refractivity contribution in [3.63, 3.8) is 0 Å². The summed E-state index contributed by atoms with van der Waals surface area (Å²) >= 11 is 0. The first-order valence-electron chi connectivity index (χ1n) is 8.81. The molecule has 0 radical (unpaired) electrons. The molecule has 6 heteroatoms. The summed E-state index contributed by atoms with van der Waals surface area (Å²) in [5.74, 6) is -0.990. The Hall–Kier alpha value is -3.02. The highest BCUT2D eigenvalue weighted by atomic mass is 16.2. The van der Waals surface area contributed by atoms with Crippen molar-refractivity contribution in [3.05, 3.63) is 65.5 Å². The average Bonchev–Trinajstić information content (AvgIpc) is 2.94. The summed E-state index contributed by atoms with van der Waals surface area (Å²) in [5, 5.41) is 0. The van der Waals surface area contributed by atoms with Crippen LogP contribution in [0.5, 0.6) is 0 Å².